The van der Waals surface area contributed by atoms with Gasteiger partial charge in [-0.05, 0) is 18.2 Å². The molecule has 1 N–H and O–H groups in total. The zero-order valence-corrected chi connectivity index (χ0v) is 12.1. The molecule has 4 nitrogen and oxygen atoms in total. The van der Waals surface area contributed by atoms with Crippen molar-refractivity contribution in [1.29, 1.82) is 0 Å². The van der Waals surface area contributed by atoms with Crippen LogP contribution in [0.1, 0.15) is 0 Å². The van der Waals surface area contributed by atoms with Crippen LogP contribution in [-0.4, -0.2) is 45.4 Å². The summed E-state index contributed by atoms with van der Waals surface area (Å²) in [6.07, 6.45) is 1.99. The number of ether oxygens (including phenoxy) is 1. The van der Waals surface area contributed by atoms with E-state index in [0.29, 0.717) is 0 Å². The van der Waals surface area contributed by atoms with Gasteiger partial charge in [0.05, 0.1) is 24.6 Å². The number of hydrogen-bond donors (Lipinski definition) is 1. The maximum atomic E-state index is 5.39. The van der Waals surface area contributed by atoms with Gasteiger partial charge in [-0.2, -0.15) is 0 Å². The minimum absolute atomic E-state index is 0.823. The van der Waals surface area contributed by atoms with Gasteiger partial charge in [0.25, 0.3) is 0 Å². The van der Waals surface area contributed by atoms with Crippen molar-refractivity contribution < 1.29 is 4.74 Å². The van der Waals surface area contributed by atoms with Crippen LogP contribution in [0.2, 0.25) is 0 Å². The number of nitrogens with one attached hydrogen (secondary N) is 1. The van der Waals surface area contributed by atoms with E-state index in [-0.39, 0.29) is 0 Å². The van der Waals surface area contributed by atoms with E-state index in [1.807, 2.05) is 6.20 Å². The minimum Gasteiger partial charge on any atom is -0.378 e. The standard InChI is InChI=1S/C16H21N3O/c1-18(2)15-7-8-17-16(15)13-3-5-14(6-4-13)19-9-11-20-12-10-19/h3-8,17H,9-12H2,1-2H3. The van der Waals surface area contributed by atoms with Crippen molar-refractivity contribution in [3.8, 4) is 11.3 Å². The van der Waals surface area contributed by atoms with Crippen molar-refractivity contribution >= 4 is 11.4 Å². The highest BCUT2D eigenvalue weighted by atomic mass is 16.5. The second-order valence-electron chi connectivity index (χ2n) is 5.28. The average molecular weight is 271 g/mol. The van der Waals surface area contributed by atoms with Crippen LogP contribution in [0.3, 0.4) is 0 Å². The summed E-state index contributed by atoms with van der Waals surface area (Å²) in [7, 11) is 4.13. The highest BCUT2D eigenvalue weighted by Gasteiger charge is 2.12. The number of rotatable bonds is 3. The van der Waals surface area contributed by atoms with Crippen LogP contribution < -0.4 is 9.80 Å². The van der Waals surface area contributed by atoms with Crippen LogP contribution in [0, 0.1) is 0 Å². The lowest BCUT2D eigenvalue weighted by atomic mass is 10.1. The molecular weight excluding hydrogens is 250 g/mol. The molecule has 106 valence electrons. The summed E-state index contributed by atoms with van der Waals surface area (Å²) in [5.74, 6) is 0. The van der Waals surface area contributed by atoms with Crippen LogP contribution >= 0.6 is 0 Å². The molecule has 2 aromatic rings. The third-order valence-electron chi connectivity index (χ3n) is 3.74. The van der Waals surface area contributed by atoms with E-state index in [4.69, 9.17) is 4.74 Å². The normalized spacial score (nSPS) is 15.4. The SMILES string of the molecule is CN(C)c1cc[nH]c1-c1ccc(N2CCOCC2)cc1. The maximum absolute atomic E-state index is 5.39. The quantitative estimate of drug-likeness (QED) is 0.931. The Kier molecular flexibility index (Phi) is 3.65. The number of aromatic amines is 1. The van der Waals surface area contributed by atoms with Crippen LogP contribution in [0.5, 0.6) is 0 Å². The first kappa shape index (κ1) is 13.1. The van der Waals surface area contributed by atoms with Gasteiger partial charge in [0.1, 0.15) is 0 Å². The monoisotopic (exact) mass is 271 g/mol. The molecule has 0 radical (unpaired) electrons. The zero-order chi connectivity index (χ0) is 13.9. The largest absolute Gasteiger partial charge is 0.378 e. The second-order valence-corrected chi connectivity index (χ2v) is 5.28. The first-order valence-electron chi connectivity index (χ1n) is 7.03. The first-order valence-corrected chi connectivity index (χ1v) is 7.03. The Morgan fingerprint density at radius 1 is 1.05 bits per heavy atom. The summed E-state index contributed by atoms with van der Waals surface area (Å²) in [5.41, 5.74) is 4.87. The summed E-state index contributed by atoms with van der Waals surface area (Å²) >= 11 is 0. The Bertz CT molecular complexity index is 553. The van der Waals surface area contributed by atoms with E-state index in [9.17, 15) is 0 Å². The fourth-order valence-corrected chi connectivity index (χ4v) is 2.63. The lowest BCUT2D eigenvalue weighted by molar-refractivity contribution is 0.122. The molecular formula is C16H21N3O. The molecule has 2 heterocycles. The topological polar surface area (TPSA) is 31.5 Å². The van der Waals surface area contributed by atoms with Gasteiger partial charge < -0.3 is 19.5 Å². The summed E-state index contributed by atoms with van der Waals surface area (Å²) in [4.78, 5) is 7.82. The highest BCUT2D eigenvalue weighted by Crippen LogP contribution is 2.29. The molecule has 3 rings (SSSR count). The molecule has 1 saturated heterocycles. The van der Waals surface area contributed by atoms with Crippen molar-refractivity contribution in [2.75, 3.05) is 50.2 Å². The summed E-state index contributed by atoms with van der Waals surface area (Å²) in [6, 6.07) is 10.9. The zero-order valence-electron chi connectivity index (χ0n) is 12.1. The molecule has 0 amide bonds. The smallest absolute Gasteiger partial charge is 0.0691 e. The number of anilines is 2. The van der Waals surface area contributed by atoms with E-state index in [0.717, 1.165) is 26.3 Å². The second kappa shape index (κ2) is 5.59. The van der Waals surface area contributed by atoms with Crippen molar-refractivity contribution in [3.05, 3.63) is 36.5 Å². The van der Waals surface area contributed by atoms with Crippen LogP contribution in [0.15, 0.2) is 36.5 Å². The number of nitrogens with zero attached hydrogens (tertiary/aromatic N) is 2. The molecule has 4 heteroatoms. The number of hydrogen-bond acceptors (Lipinski definition) is 3. The van der Waals surface area contributed by atoms with Gasteiger partial charge in [0.15, 0.2) is 0 Å². The Labute approximate surface area is 120 Å². The third kappa shape index (κ3) is 2.51. The number of H-pyrrole nitrogens is 1. The number of morpholine rings is 1. The molecule has 0 bridgehead atoms. The molecule has 0 atom stereocenters. The number of benzene rings is 1. The van der Waals surface area contributed by atoms with Gasteiger partial charge in [-0.3, -0.25) is 0 Å². The van der Waals surface area contributed by atoms with Gasteiger partial charge in [-0.1, -0.05) is 12.1 Å². The first-order chi connectivity index (χ1) is 9.75. The maximum Gasteiger partial charge on any atom is 0.0691 e. The summed E-state index contributed by atoms with van der Waals surface area (Å²) in [6.45, 7) is 3.60. The van der Waals surface area contributed by atoms with E-state index in [1.54, 1.807) is 0 Å². The van der Waals surface area contributed by atoms with E-state index in [2.05, 4.69) is 59.2 Å². The van der Waals surface area contributed by atoms with Gasteiger partial charge in [0, 0.05) is 44.6 Å². The van der Waals surface area contributed by atoms with Gasteiger partial charge in [-0.25, -0.2) is 0 Å². The lowest BCUT2D eigenvalue weighted by Gasteiger charge is -2.29. The predicted molar refractivity (Wildman–Crippen MR) is 83.6 cm³/mol. The van der Waals surface area contributed by atoms with E-state index < -0.39 is 0 Å². The summed E-state index contributed by atoms with van der Waals surface area (Å²) in [5, 5.41) is 0. The molecule has 1 aromatic carbocycles. The van der Waals surface area contributed by atoms with Gasteiger partial charge in [-0.15, -0.1) is 0 Å². The summed E-state index contributed by atoms with van der Waals surface area (Å²) < 4.78 is 5.39. The van der Waals surface area contributed by atoms with Crippen molar-refractivity contribution in [3.63, 3.8) is 0 Å². The van der Waals surface area contributed by atoms with Crippen molar-refractivity contribution in [2.45, 2.75) is 0 Å². The molecule has 1 aliphatic heterocycles. The Morgan fingerprint density at radius 2 is 1.75 bits per heavy atom. The fourth-order valence-electron chi connectivity index (χ4n) is 2.63. The minimum atomic E-state index is 0.823. The molecule has 0 unspecified atom stereocenters. The number of aromatic nitrogens is 1. The molecule has 1 aromatic heterocycles. The Balaban J connectivity index is 1.83. The van der Waals surface area contributed by atoms with E-state index >= 15 is 0 Å². The lowest BCUT2D eigenvalue weighted by Crippen LogP contribution is -2.36. The molecule has 0 saturated carbocycles. The third-order valence-corrected chi connectivity index (χ3v) is 3.74. The highest BCUT2D eigenvalue weighted by molar-refractivity contribution is 5.76. The molecule has 20 heavy (non-hydrogen) atoms. The van der Waals surface area contributed by atoms with Crippen LogP contribution in [0.4, 0.5) is 11.4 Å². The molecule has 1 fully saturated rings. The van der Waals surface area contributed by atoms with Crippen molar-refractivity contribution in [2.24, 2.45) is 0 Å². The average Bonchev–Trinajstić information content (AvgIpc) is 2.98. The fraction of sp³-hybridized carbons (Fsp3) is 0.375. The van der Waals surface area contributed by atoms with E-state index in [1.165, 1.54) is 22.6 Å². The van der Waals surface area contributed by atoms with Gasteiger partial charge >= 0.3 is 0 Å². The molecule has 0 spiro atoms. The predicted octanol–water partition coefficient (Wildman–Crippen LogP) is 2.58. The van der Waals surface area contributed by atoms with Gasteiger partial charge in [0.2, 0.25) is 0 Å². The molecule has 1 aliphatic rings. The van der Waals surface area contributed by atoms with Crippen molar-refractivity contribution in [1.82, 2.24) is 4.98 Å². The van der Waals surface area contributed by atoms with Crippen LogP contribution in [-0.2, 0) is 4.74 Å². The molecule has 0 aliphatic carbocycles. The Morgan fingerprint density at radius 3 is 2.40 bits per heavy atom. The van der Waals surface area contributed by atoms with Crippen LogP contribution in [0.25, 0.3) is 11.3 Å². The Hall–Kier alpha value is -1.94.